The van der Waals surface area contributed by atoms with E-state index in [1.807, 2.05) is 30.3 Å². The van der Waals surface area contributed by atoms with Crippen LogP contribution in [0.15, 0.2) is 66.7 Å². The second-order valence-electron chi connectivity index (χ2n) is 8.30. The molecule has 4 rings (SSSR count). The summed E-state index contributed by atoms with van der Waals surface area (Å²) >= 11 is 0. The van der Waals surface area contributed by atoms with Crippen molar-refractivity contribution in [1.29, 1.82) is 0 Å². The largest absolute Gasteiger partial charge is 0.497 e. The summed E-state index contributed by atoms with van der Waals surface area (Å²) in [4.78, 5) is 29.6. The van der Waals surface area contributed by atoms with Gasteiger partial charge in [-0.1, -0.05) is 24.3 Å². The number of urea groups is 1. The molecule has 0 bridgehead atoms. The van der Waals surface area contributed by atoms with Crippen molar-refractivity contribution in [2.45, 2.75) is 19.4 Å². The smallest absolute Gasteiger partial charge is 0.324 e. The Morgan fingerprint density at radius 1 is 0.943 bits per heavy atom. The van der Waals surface area contributed by atoms with Gasteiger partial charge in [0, 0.05) is 25.7 Å². The lowest BCUT2D eigenvalue weighted by atomic mass is 10.1. The Labute approximate surface area is 204 Å². The van der Waals surface area contributed by atoms with Crippen LogP contribution in [0.5, 0.6) is 11.5 Å². The van der Waals surface area contributed by atoms with Gasteiger partial charge >= 0.3 is 6.03 Å². The van der Waals surface area contributed by atoms with E-state index in [4.69, 9.17) is 9.47 Å². The molecule has 0 unspecified atom stereocenters. The standard InChI is InChI=1S/C27H28FN3O4/c1-34-22-14-20(15-23(17-22)35-2)18-30-12-5-13-31(27(30)33)25-7-4-3-6-24(25)29-26(32)16-19-8-10-21(28)11-9-19/h3-4,6-11,14-15,17H,5,12-13,16,18H2,1-2H3,(H,29,32). The van der Waals surface area contributed by atoms with Crippen molar-refractivity contribution in [3.63, 3.8) is 0 Å². The number of halogens is 1. The van der Waals surface area contributed by atoms with Crippen LogP contribution in [0.1, 0.15) is 17.5 Å². The van der Waals surface area contributed by atoms with Crippen LogP contribution >= 0.6 is 0 Å². The average molecular weight is 478 g/mol. The van der Waals surface area contributed by atoms with Gasteiger partial charge in [0.15, 0.2) is 0 Å². The highest BCUT2D eigenvalue weighted by atomic mass is 19.1. The predicted octanol–water partition coefficient (Wildman–Crippen LogP) is 4.86. The predicted molar refractivity (Wildman–Crippen MR) is 132 cm³/mol. The minimum atomic E-state index is -0.347. The van der Waals surface area contributed by atoms with E-state index in [-0.39, 0.29) is 24.2 Å². The first-order chi connectivity index (χ1) is 17.0. The number of para-hydroxylation sites is 2. The van der Waals surface area contributed by atoms with Crippen molar-refractivity contribution in [2.24, 2.45) is 0 Å². The van der Waals surface area contributed by atoms with Crippen molar-refractivity contribution < 1.29 is 23.5 Å². The second-order valence-corrected chi connectivity index (χ2v) is 8.30. The zero-order valence-electron chi connectivity index (χ0n) is 19.8. The Morgan fingerprint density at radius 2 is 1.63 bits per heavy atom. The first-order valence-electron chi connectivity index (χ1n) is 11.4. The Hall–Kier alpha value is -4.07. The van der Waals surface area contributed by atoms with Crippen LogP contribution in [0.3, 0.4) is 0 Å². The van der Waals surface area contributed by atoms with Crippen LogP contribution in [-0.2, 0) is 17.8 Å². The van der Waals surface area contributed by atoms with E-state index in [1.54, 1.807) is 48.3 Å². The van der Waals surface area contributed by atoms with Crippen molar-refractivity contribution in [2.75, 3.05) is 37.5 Å². The average Bonchev–Trinajstić information content (AvgIpc) is 2.87. The molecule has 3 aromatic rings. The van der Waals surface area contributed by atoms with E-state index < -0.39 is 0 Å². The molecule has 0 spiro atoms. The number of methoxy groups -OCH3 is 2. The zero-order chi connectivity index (χ0) is 24.8. The highest BCUT2D eigenvalue weighted by Crippen LogP contribution is 2.30. The lowest BCUT2D eigenvalue weighted by Gasteiger charge is -2.36. The highest BCUT2D eigenvalue weighted by molar-refractivity contribution is 6.01. The molecular weight excluding hydrogens is 449 g/mol. The van der Waals surface area contributed by atoms with Crippen LogP contribution in [-0.4, -0.2) is 44.1 Å². The molecule has 7 nitrogen and oxygen atoms in total. The van der Waals surface area contributed by atoms with Gasteiger partial charge in [-0.05, 0) is 53.9 Å². The molecule has 35 heavy (non-hydrogen) atoms. The summed E-state index contributed by atoms with van der Waals surface area (Å²) in [6, 6.07) is 18.5. The number of rotatable bonds is 8. The van der Waals surface area contributed by atoms with Gasteiger partial charge in [-0.25, -0.2) is 9.18 Å². The van der Waals surface area contributed by atoms with Gasteiger partial charge < -0.3 is 19.7 Å². The number of nitrogens with zero attached hydrogens (tertiary/aromatic N) is 2. The molecule has 1 fully saturated rings. The molecule has 1 heterocycles. The fourth-order valence-electron chi connectivity index (χ4n) is 4.13. The van der Waals surface area contributed by atoms with Crippen molar-refractivity contribution in [3.8, 4) is 11.5 Å². The summed E-state index contributed by atoms with van der Waals surface area (Å²) in [6.07, 6.45) is 0.886. The molecule has 0 atom stereocenters. The maximum Gasteiger partial charge on any atom is 0.324 e. The van der Waals surface area contributed by atoms with Gasteiger partial charge in [-0.3, -0.25) is 9.69 Å². The summed E-state index contributed by atoms with van der Waals surface area (Å²) in [7, 11) is 3.18. The SMILES string of the molecule is COc1cc(CN2CCCN(c3ccccc3NC(=O)Cc3ccc(F)cc3)C2=O)cc(OC)c1. The van der Waals surface area contributed by atoms with Gasteiger partial charge in [-0.2, -0.15) is 0 Å². The number of ether oxygens (including phenoxy) is 2. The molecule has 3 amide bonds. The summed E-state index contributed by atoms with van der Waals surface area (Å²) < 4.78 is 23.9. The van der Waals surface area contributed by atoms with E-state index in [0.29, 0.717) is 48.1 Å². The Balaban J connectivity index is 1.49. The number of carbonyl (C=O) groups is 2. The lowest BCUT2D eigenvalue weighted by molar-refractivity contribution is -0.115. The number of nitrogens with one attached hydrogen (secondary N) is 1. The highest BCUT2D eigenvalue weighted by Gasteiger charge is 2.28. The summed E-state index contributed by atoms with van der Waals surface area (Å²) in [5, 5.41) is 2.91. The molecule has 0 aromatic heterocycles. The molecule has 3 aromatic carbocycles. The van der Waals surface area contributed by atoms with Crippen LogP contribution in [0.25, 0.3) is 0 Å². The molecule has 8 heteroatoms. The zero-order valence-corrected chi connectivity index (χ0v) is 19.8. The van der Waals surface area contributed by atoms with E-state index in [2.05, 4.69) is 5.32 Å². The fourth-order valence-corrected chi connectivity index (χ4v) is 4.13. The molecule has 1 saturated heterocycles. The number of benzene rings is 3. The quantitative estimate of drug-likeness (QED) is 0.503. The second kappa shape index (κ2) is 10.9. The maximum absolute atomic E-state index is 13.4. The topological polar surface area (TPSA) is 71.1 Å². The van der Waals surface area contributed by atoms with Gasteiger partial charge in [-0.15, -0.1) is 0 Å². The van der Waals surface area contributed by atoms with Crippen LogP contribution < -0.4 is 19.7 Å². The molecule has 1 aliphatic rings. The molecule has 0 saturated carbocycles. The molecule has 182 valence electrons. The third kappa shape index (κ3) is 5.90. The molecule has 0 aliphatic carbocycles. The normalized spacial score (nSPS) is 13.5. The monoisotopic (exact) mass is 477 g/mol. The van der Waals surface area contributed by atoms with E-state index in [1.165, 1.54) is 12.1 Å². The first kappa shape index (κ1) is 24.1. The fraction of sp³-hybridized carbons (Fsp3) is 0.259. The Morgan fingerprint density at radius 3 is 2.31 bits per heavy atom. The lowest BCUT2D eigenvalue weighted by Crippen LogP contribution is -2.49. The number of anilines is 2. The molecular formula is C27H28FN3O4. The summed E-state index contributed by atoms with van der Waals surface area (Å²) in [6.45, 7) is 1.57. The van der Waals surface area contributed by atoms with E-state index in [9.17, 15) is 14.0 Å². The van der Waals surface area contributed by atoms with Crippen LogP contribution in [0.4, 0.5) is 20.6 Å². The summed E-state index contributed by atoms with van der Waals surface area (Å²) in [5.74, 6) is 0.735. The van der Waals surface area contributed by atoms with Crippen molar-refractivity contribution in [1.82, 2.24) is 4.90 Å². The van der Waals surface area contributed by atoms with Gasteiger partial charge in [0.2, 0.25) is 5.91 Å². The van der Waals surface area contributed by atoms with Crippen LogP contribution in [0, 0.1) is 5.82 Å². The number of hydrogen-bond donors (Lipinski definition) is 1. The van der Waals surface area contributed by atoms with Gasteiger partial charge in [0.1, 0.15) is 17.3 Å². The van der Waals surface area contributed by atoms with Crippen molar-refractivity contribution in [3.05, 3.63) is 83.7 Å². The van der Waals surface area contributed by atoms with Crippen LogP contribution in [0.2, 0.25) is 0 Å². The Kier molecular flexibility index (Phi) is 7.50. The summed E-state index contributed by atoms with van der Waals surface area (Å²) in [5.41, 5.74) is 2.79. The first-order valence-corrected chi connectivity index (χ1v) is 11.4. The third-order valence-electron chi connectivity index (χ3n) is 5.84. The Bertz CT molecular complexity index is 1180. The maximum atomic E-state index is 13.4. The van der Waals surface area contributed by atoms with Gasteiger partial charge in [0.05, 0.1) is 32.0 Å². The number of hydrogen-bond acceptors (Lipinski definition) is 4. The molecule has 1 aliphatic heterocycles. The van der Waals surface area contributed by atoms with E-state index in [0.717, 1.165) is 12.0 Å². The number of carbonyl (C=O) groups excluding carboxylic acids is 2. The molecule has 0 radical (unpaired) electrons. The van der Waals surface area contributed by atoms with E-state index >= 15 is 0 Å². The minimum Gasteiger partial charge on any atom is -0.497 e. The van der Waals surface area contributed by atoms with Crippen molar-refractivity contribution >= 4 is 23.3 Å². The van der Waals surface area contributed by atoms with Gasteiger partial charge in [0.25, 0.3) is 0 Å². The minimum absolute atomic E-state index is 0.104. The third-order valence-corrected chi connectivity index (χ3v) is 5.84. The number of amides is 3. The molecule has 1 N–H and O–H groups in total.